The highest BCUT2D eigenvalue weighted by Gasteiger charge is 2.18. The van der Waals surface area contributed by atoms with E-state index in [0.717, 1.165) is 25.5 Å². The first-order chi connectivity index (χ1) is 6.38. The molecule has 0 bridgehead atoms. The van der Waals surface area contributed by atoms with Crippen LogP contribution < -0.4 is 10.2 Å². The summed E-state index contributed by atoms with van der Waals surface area (Å²) in [7, 11) is 0. The third-order valence-corrected chi connectivity index (χ3v) is 2.35. The van der Waals surface area contributed by atoms with Gasteiger partial charge in [0.1, 0.15) is 0 Å². The zero-order valence-electron chi connectivity index (χ0n) is 7.77. The SMILES string of the molecule is C[C@H]1CNCCN1c1cccnn1. The molecule has 1 saturated heterocycles. The highest BCUT2D eigenvalue weighted by molar-refractivity contribution is 5.38. The summed E-state index contributed by atoms with van der Waals surface area (Å²) in [5.41, 5.74) is 0. The summed E-state index contributed by atoms with van der Waals surface area (Å²) >= 11 is 0. The Hall–Kier alpha value is -1.16. The number of nitrogens with zero attached hydrogens (tertiary/aromatic N) is 3. The van der Waals surface area contributed by atoms with Gasteiger partial charge in [0.2, 0.25) is 0 Å². The van der Waals surface area contributed by atoms with E-state index in [-0.39, 0.29) is 0 Å². The molecular weight excluding hydrogens is 164 g/mol. The summed E-state index contributed by atoms with van der Waals surface area (Å²) < 4.78 is 0. The molecule has 0 amide bonds. The van der Waals surface area contributed by atoms with Crippen molar-refractivity contribution in [2.75, 3.05) is 24.5 Å². The van der Waals surface area contributed by atoms with E-state index < -0.39 is 0 Å². The molecule has 0 aliphatic carbocycles. The minimum absolute atomic E-state index is 0.505. The molecule has 0 unspecified atom stereocenters. The van der Waals surface area contributed by atoms with Gasteiger partial charge in [-0.15, -0.1) is 5.10 Å². The molecule has 4 heteroatoms. The molecule has 1 aromatic rings. The lowest BCUT2D eigenvalue weighted by Crippen LogP contribution is -2.50. The molecule has 1 atom stereocenters. The van der Waals surface area contributed by atoms with E-state index in [9.17, 15) is 0 Å². The molecule has 70 valence electrons. The Balaban J connectivity index is 2.15. The van der Waals surface area contributed by atoms with Gasteiger partial charge in [0, 0.05) is 31.9 Å². The first kappa shape index (κ1) is 8.44. The van der Waals surface area contributed by atoms with Gasteiger partial charge in [-0.05, 0) is 19.1 Å². The lowest BCUT2D eigenvalue weighted by Gasteiger charge is -2.34. The molecule has 1 aliphatic heterocycles. The Kier molecular flexibility index (Phi) is 2.40. The Morgan fingerprint density at radius 1 is 1.62 bits per heavy atom. The average molecular weight is 178 g/mol. The summed E-state index contributed by atoms with van der Waals surface area (Å²) in [5.74, 6) is 0.983. The quantitative estimate of drug-likeness (QED) is 0.670. The lowest BCUT2D eigenvalue weighted by molar-refractivity contribution is 0.495. The predicted molar refractivity (Wildman–Crippen MR) is 51.7 cm³/mol. The number of nitrogens with one attached hydrogen (secondary N) is 1. The first-order valence-electron chi connectivity index (χ1n) is 4.63. The minimum atomic E-state index is 0.505. The van der Waals surface area contributed by atoms with Gasteiger partial charge in [0.25, 0.3) is 0 Å². The van der Waals surface area contributed by atoms with Gasteiger partial charge in [-0.2, -0.15) is 5.10 Å². The fourth-order valence-electron chi connectivity index (χ4n) is 1.63. The number of anilines is 1. The third kappa shape index (κ3) is 1.78. The molecular formula is C9H14N4. The number of aromatic nitrogens is 2. The van der Waals surface area contributed by atoms with Crippen molar-refractivity contribution in [1.29, 1.82) is 0 Å². The molecule has 1 aliphatic rings. The van der Waals surface area contributed by atoms with Crippen LogP contribution in [0.4, 0.5) is 5.82 Å². The van der Waals surface area contributed by atoms with Gasteiger partial charge in [-0.1, -0.05) is 0 Å². The van der Waals surface area contributed by atoms with Crippen LogP contribution in [0, 0.1) is 0 Å². The molecule has 0 saturated carbocycles. The van der Waals surface area contributed by atoms with Crippen LogP contribution in [-0.2, 0) is 0 Å². The van der Waals surface area contributed by atoms with Crippen molar-refractivity contribution >= 4 is 5.82 Å². The van der Waals surface area contributed by atoms with Crippen LogP contribution in [0.5, 0.6) is 0 Å². The number of hydrogen-bond acceptors (Lipinski definition) is 4. The van der Waals surface area contributed by atoms with Gasteiger partial charge in [-0.3, -0.25) is 0 Å². The van der Waals surface area contributed by atoms with E-state index in [1.54, 1.807) is 6.20 Å². The van der Waals surface area contributed by atoms with Crippen LogP contribution in [-0.4, -0.2) is 35.9 Å². The van der Waals surface area contributed by atoms with Crippen LogP contribution in [0.25, 0.3) is 0 Å². The zero-order valence-corrected chi connectivity index (χ0v) is 7.77. The minimum Gasteiger partial charge on any atom is -0.350 e. The van der Waals surface area contributed by atoms with E-state index >= 15 is 0 Å². The second-order valence-corrected chi connectivity index (χ2v) is 3.33. The Morgan fingerprint density at radius 3 is 3.23 bits per heavy atom. The molecule has 0 aromatic carbocycles. The number of hydrogen-bond donors (Lipinski definition) is 1. The lowest BCUT2D eigenvalue weighted by atomic mass is 10.2. The van der Waals surface area contributed by atoms with Crippen LogP contribution in [0.15, 0.2) is 18.3 Å². The maximum absolute atomic E-state index is 4.10. The maximum atomic E-state index is 4.10. The number of rotatable bonds is 1. The molecule has 2 heterocycles. The van der Waals surface area contributed by atoms with Crippen molar-refractivity contribution in [2.24, 2.45) is 0 Å². The molecule has 0 radical (unpaired) electrons. The highest BCUT2D eigenvalue weighted by Crippen LogP contribution is 2.12. The van der Waals surface area contributed by atoms with Crippen molar-refractivity contribution in [3.05, 3.63) is 18.3 Å². The van der Waals surface area contributed by atoms with Crippen molar-refractivity contribution in [1.82, 2.24) is 15.5 Å². The molecule has 0 spiro atoms. The second kappa shape index (κ2) is 3.70. The molecule has 1 fully saturated rings. The maximum Gasteiger partial charge on any atom is 0.151 e. The zero-order chi connectivity index (χ0) is 9.10. The van der Waals surface area contributed by atoms with Crippen molar-refractivity contribution in [3.63, 3.8) is 0 Å². The second-order valence-electron chi connectivity index (χ2n) is 3.33. The number of piperazine rings is 1. The van der Waals surface area contributed by atoms with Crippen LogP contribution in [0.2, 0.25) is 0 Å². The Labute approximate surface area is 78.0 Å². The van der Waals surface area contributed by atoms with E-state index in [2.05, 4.69) is 27.3 Å². The Bertz CT molecular complexity index is 262. The van der Waals surface area contributed by atoms with E-state index in [0.29, 0.717) is 6.04 Å². The van der Waals surface area contributed by atoms with Crippen LogP contribution in [0.3, 0.4) is 0 Å². The van der Waals surface area contributed by atoms with Crippen molar-refractivity contribution < 1.29 is 0 Å². The fraction of sp³-hybridized carbons (Fsp3) is 0.556. The van der Waals surface area contributed by atoms with Crippen LogP contribution >= 0.6 is 0 Å². The van der Waals surface area contributed by atoms with Gasteiger partial charge in [0.15, 0.2) is 5.82 Å². The van der Waals surface area contributed by atoms with Gasteiger partial charge in [0.05, 0.1) is 0 Å². The third-order valence-electron chi connectivity index (χ3n) is 2.35. The van der Waals surface area contributed by atoms with Gasteiger partial charge in [-0.25, -0.2) is 0 Å². The van der Waals surface area contributed by atoms with Gasteiger partial charge >= 0.3 is 0 Å². The summed E-state index contributed by atoms with van der Waals surface area (Å²) in [6.45, 7) is 5.26. The van der Waals surface area contributed by atoms with E-state index in [4.69, 9.17) is 0 Å². The monoisotopic (exact) mass is 178 g/mol. The normalized spacial score (nSPS) is 23.2. The summed E-state index contributed by atoms with van der Waals surface area (Å²) in [4.78, 5) is 2.28. The largest absolute Gasteiger partial charge is 0.350 e. The Morgan fingerprint density at radius 2 is 2.54 bits per heavy atom. The smallest absolute Gasteiger partial charge is 0.151 e. The van der Waals surface area contributed by atoms with Gasteiger partial charge < -0.3 is 10.2 Å². The predicted octanol–water partition coefficient (Wildman–Crippen LogP) is 0.275. The van der Waals surface area contributed by atoms with E-state index in [1.807, 2.05) is 12.1 Å². The molecule has 13 heavy (non-hydrogen) atoms. The van der Waals surface area contributed by atoms with Crippen LogP contribution in [0.1, 0.15) is 6.92 Å². The topological polar surface area (TPSA) is 41.0 Å². The molecule has 4 nitrogen and oxygen atoms in total. The molecule has 1 aromatic heterocycles. The average Bonchev–Trinajstić information content (AvgIpc) is 2.20. The fourth-order valence-corrected chi connectivity index (χ4v) is 1.63. The summed E-state index contributed by atoms with van der Waals surface area (Å²) in [5, 5.41) is 11.3. The molecule has 1 N–H and O–H groups in total. The van der Waals surface area contributed by atoms with E-state index in [1.165, 1.54) is 0 Å². The van der Waals surface area contributed by atoms with Crippen molar-refractivity contribution in [3.8, 4) is 0 Å². The summed E-state index contributed by atoms with van der Waals surface area (Å²) in [6.07, 6.45) is 1.70. The first-order valence-corrected chi connectivity index (χ1v) is 4.63. The van der Waals surface area contributed by atoms with Crippen molar-refractivity contribution in [2.45, 2.75) is 13.0 Å². The standard InChI is InChI=1S/C9H14N4/c1-8-7-10-5-6-13(8)9-3-2-4-11-12-9/h2-4,8,10H,5-7H2,1H3/t8-/m0/s1. The molecule has 2 rings (SSSR count). The highest BCUT2D eigenvalue weighted by atomic mass is 15.3. The summed E-state index contributed by atoms with van der Waals surface area (Å²) in [6, 6.07) is 4.44.